The van der Waals surface area contributed by atoms with E-state index in [9.17, 15) is 9.59 Å². The molecule has 1 rings (SSSR count). The summed E-state index contributed by atoms with van der Waals surface area (Å²) in [5.41, 5.74) is 1.35. The van der Waals surface area contributed by atoms with Gasteiger partial charge in [-0.25, -0.2) is 4.79 Å². The number of carbonyl (C=O) groups is 2. The molecule has 0 bridgehead atoms. The molecule has 0 aliphatic carbocycles. The molecule has 0 aliphatic rings. The van der Waals surface area contributed by atoms with E-state index in [0.29, 0.717) is 5.56 Å². The van der Waals surface area contributed by atoms with Crippen LogP contribution in [0.5, 0.6) is 0 Å². The van der Waals surface area contributed by atoms with E-state index in [1.807, 2.05) is 19.1 Å². The second-order valence-electron chi connectivity index (χ2n) is 2.89. The third-order valence-electron chi connectivity index (χ3n) is 1.85. The Balaban J connectivity index is 0.00000196. The first kappa shape index (κ1) is 14.1. The standard InChI is InChI=1S/C11H12O3.Ti/c1-3-9-6-4-5-7-10(9)11(13)14-8(2)12;/h4-7H,3H2,1-2H3;. The number of benzene rings is 1. The van der Waals surface area contributed by atoms with Crippen LogP contribution in [0.15, 0.2) is 24.3 Å². The summed E-state index contributed by atoms with van der Waals surface area (Å²) >= 11 is 0. The van der Waals surface area contributed by atoms with Gasteiger partial charge in [0.25, 0.3) is 0 Å². The van der Waals surface area contributed by atoms with E-state index >= 15 is 0 Å². The molecule has 15 heavy (non-hydrogen) atoms. The van der Waals surface area contributed by atoms with Gasteiger partial charge in [0.2, 0.25) is 0 Å². The fourth-order valence-corrected chi connectivity index (χ4v) is 1.21. The molecule has 0 amide bonds. The van der Waals surface area contributed by atoms with Gasteiger partial charge >= 0.3 is 11.9 Å². The molecule has 0 fully saturated rings. The van der Waals surface area contributed by atoms with Crippen molar-refractivity contribution in [3.05, 3.63) is 35.4 Å². The smallest absolute Gasteiger partial charge is 0.346 e. The quantitative estimate of drug-likeness (QED) is 0.450. The van der Waals surface area contributed by atoms with E-state index in [4.69, 9.17) is 0 Å². The number of aryl methyl sites for hydroxylation is 1. The van der Waals surface area contributed by atoms with Crippen LogP contribution in [0.3, 0.4) is 0 Å². The first-order valence-electron chi connectivity index (χ1n) is 4.45. The van der Waals surface area contributed by atoms with Crippen molar-refractivity contribution in [1.82, 2.24) is 0 Å². The Morgan fingerprint density at radius 2 is 1.87 bits per heavy atom. The maximum Gasteiger partial charge on any atom is 0.346 e. The zero-order valence-corrected chi connectivity index (χ0v) is 10.3. The van der Waals surface area contributed by atoms with E-state index in [-0.39, 0.29) is 21.7 Å². The molecule has 0 aromatic heterocycles. The molecule has 0 radical (unpaired) electrons. The van der Waals surface area contributed by atoms with Crippen LogP contribution in [0, 0.1) is 0 Å². The fraction of sp³-hybridized carbons (Fsp3) is 0.273. The molecule has 78 valence electrons. The maximum absolute atomic E-state index is 11.4. The van der Waals surface area contributed by atoms with Crippen LogP contribution in [0.1, 0.15) is 29.8 Å². The summed E-state index contributed by atoms with van der Waals surface area (Å²) in [4.78, 5) is 22.0. The molecule has 0 spiro atoms. The zero-order valence-electron chi connectivity index (χ0n) is 8.74. The molecule has 3 nitrogen and oxygen atoms in total. The summed E-state index contributed by atoms with van der Waals surface area (Å²) in [5.74, 6) is -1.16. The third kappa shape index (κ3) is 3.98. The topological polar surface area (TPSA) is 43.4 Å². The number of hydrogen-bond acceptors (Lipinski definition) is 3. The number of rotatable bonds is 2. The Kier molecular flexibility index (Phi) is 6.13. The summed E-state index contributed by atoms with van der Waals surface area (Å²) in [6.07, 6.45) is 0.739. The molecule has 4 heteroatoms. The van der Waals surface area contributed by atoms with Gasteiger partial charge < -0.3 is 4.74 Å². The van der Waals surface area contributed by atoms with Crippen LogP contribution in [-0.2, 0) is 37.7 Å². The van der Waals surface area contributed by atoms with Crippen LogP contribution in [0.25, 0.3) is 0 Å². The summed E-state index contributed by atoms with van der Waals surface area (Å²) in [6.45, 7) is 3.16. The predicted octanol–water partition coefficient (Wildman–Crippen LogP) is 1.95. The molecule has 0 unspecified atom stereocenters. The van der Waals surface area contributed by atoms with Crippen molar-refractivity contribution in [3.8, 4) is 0 Å². The maximum atomic E-state index is 11.4. The fourth-order valence-electron chi connectivity index (χ4n) is 1.21. The van der Waals surface area contributed by atoms with Crippen molar-refractivity contribution in [2.24, 2.45) is 0 Å². The Morgan fingerprint density at radius 3 is 2.40 bits per heavy atom. The molecule has 0 saturated heterocycles. The van der Waals surface area contributed by atoms with Gasteiger partial charge in [0, 0.05) is 28.6 Å². The number of ether oxygens (including phenoxy) is 1. The SMILES string of the molecule is CCc1ccccc1C(=O)OC(C)=O.[Ti]. The average molecular weight is 240 g/mol. The summed E-state index contributed by atoms with van der Waals surface area (Å²) < 4.78 is 4.50. The monoisotopic (exact) mass is 240 g/mol. The Bertz CT molecular complexity index is 361. The van der Waals surface area contributed by atoms with E-state index in [2.05, 4.69) is 4.74 Å². The van der Waals surface area contributed by atoms with Gasteiger partial charge in [0.05, 0.1) is 5.56 Å². The van der Waals surface area contributed by atoms with Gasteiger partial charge in [-0.15, -0.1) is 0 Å². The molecule has 0 aliphatic heterocycles. The summed E-state index contributed by atoms with van der Waals surface area (Å²) in [6, 6.07) is 7.10. The normalized spacial score (nSPS) is 8.93. The van der Waals surface area contributed by atoms with Crippen LogP contribution in [0.4, 0.5) is 0 Å². The first-order chi connectivity index (χ1) is 6.65. The second kappa shape index (κ2) is 6.54. The van der Waals surface area contributed by atoms with Crippen molar-refractivity contribution >= 4 is 11.9 Å². The van der Waals surface area contributed by atoms with Gasteiger partial charge in [-0.05, 0) is 18.1 Å². The molecular weight excluding hydrogens is 228 g/mol. The Labute approximate surface area is 104 Å². The van der Waals surface area contributed by atoms with Crippen molar-refractivity contribution in [3.63, 3.8) is 0 Å². The molecule has 0 atom stereocenters. The van der Waals surface area contributed by atoms with Gasteiger partial charge in [0.1, 0.15) is 0 Å². The van der Waals surface area contributed by atoms with Crippen molar-refractivity contribution < 1.29 is 36.0 Å². The van der Waals surface area contributed by atoms with E-state index < -0.39 is 11.9 Å². The molecular formula is C11H12O3Ti. The predicted molar refractivity (Wildman–Crippen MR) is 51.9 cm³/mol. The van der Waals surface area contributed by atoms with E-state index in [0.717, 1.165) is 12.0 Å². The minimum Gasteiger partial charge on any atom is -0.390 e. The minimum atomic E-state index is -0.582. The molecule has 1 aromatic carbocycles. The van der Waals surface area contributed by atoms with Crippen LogP contribution in [-0.4, -0.2) is 11.9 Å². The summed E-state index contributed by atoms with van der Waals surface area (Å²) in [5, 5.41) is 0. The Morgan fingerprint density at radius 1 is 1.27 bits per heavy atom. The molecule has 0 heterocycles. The number of esters is 2. The average Bonchev–Trinajstić information content (AvgIpc) is 2.16. The van der Waals surface area contributed by atoms with Crippen LogP contribution in [0.2, 0.25) is 0 Å². The van der Waals surface area contributed by atoms with Crippen molar-refractivity contribution in [1.29, 1.82) is 0 Å². The number of hydrogen-bond donors (Lipinski definition) is 0. The zero-order chi connectivity index (χ0) is 10.6. The van der Waals surface area contributed by atoms with Crippen LogP contribution >= 0.6 is 0 Å². The van der Waals surface area contributed by atoms with Crippen molar-refractivity contribution in [2.75, 3.05) is 0 Å². The molecule has 0 N–H and O–H groups in total. The van der Waals surface area contributed by atoms with E-state index in [1.54, 1.807) is 12.1 Å². The largest absolute Gasteiger partial charge is 0.390 e. The second-order valence-corrected chi connectivity index (χ2v) is 2.89. The van der Waals surface area contributed by atoms with Crippen LogP contribution < -0.4 is 0 Å². The third-order valence-corrected chi connectivity index (χ3v) is 1.85. The van der Waals surface area contributed by atoms with Crippen molar-refractivity contribution in [2.45, 2.75) is 20.3 Å². The first-order valence-corrected chi connectivity index (χ1v) is 4.45. The Hall–Kier alpha value is -0.926. The van der Waals surface area contributed by atoms with E-state index in [1.165, 1.54) is 6.92 Å². The van der Waals surface area contributed by atoms with Gasteiger partial charge in [-0.3, -0.25) is 4.79 Å². The molecule has 0 saturated carbocycles. The number of carbonyl (C=O) groups excluding carboxylic acids is 2. The molecule has 1 aromatic rings. The van der Waals surface area contributed by atoms with Gasteiger partial charge in [-0.2, -0.15) is 0 Å². The summed E-state index contributed by atoms with van der Waals surface area (Å²) in [7, 11) is 0. The van der Waals surface area contributed by atoms with Gasteiger partial charge in [-0.1, -0.05) is 25.1 Å². The minimum absolute atomic E-state index is 0. The van der Waals surface area contributed by atoms with Gasteiger partial charge in [0.15, 0.2) is 0 Å².